The first-order chi connectivity index (χ1) is 16.1. The first kappa shape index (κ1) is 26.0. The van der Waals surface area contributed by atoms with Crippen LogP contribution in [0.5, 0.6) is 0 Å². The molecular weight excluding hydrogens is 474 g/mol. The minimum atomic E-state index is -3.79. The molecule has 0 aromatic heterocycles. The average molecular weight is 506 g/mol. The number of hydrogen-bond donors (Lipinski definition) is 1. The third-order valence-corrected chi connectivity index (χ3v) is 7.73. The maximum Gasteiger partial charge on any atom is 0.244 e. The highest BCUT2D eigenvalue weighted by Crippen LogP contribution is 2.25. The van der Waals surface area contributed by atoms with Crippen molar-refractivity contribution >= 4 is 39.1 Å². The van der Waals surface area contributed by atoms with Crippen LogP contribution < -0.4 is 9.62 Å². The van der Waals surface area contributed by atoms with E-state index in [2.05, 4.69) is 5.32 Å². The van der Waals surface area contributed by atoms with Gasteiger partial charge in [-0.1, -0.05) is 60.8 Å². The van der Waals surface area contributed by atoms with Crippen molar-refractivity contribution in [3.63, 3.8) is 0 Å². The van der Waals surface area contributed by atoms with Crippen LogP contribution in [0.25, 0.3) is 0 Å². The van der Waals surface area contributed by atoms with Crippen molar-refractivity contribution in [2.24, 2.45) is 0 Å². The maximum atomic E-state index is 13.5. The van der Waals surface area contributed by atoms with Gasteiger partial charge in [0.15, 0.2) is 0 Å². The molecule has 1 saturated carbocycles. The Morgan fingerprint density at radius 3 is 2.35 bits per heavy atom. The van der Waals surface area contributed by atoms with E-state index in [9.17, 15) is 18.0 Å². The van der Waals surface area contributed by atoms with Crippen molar-refractivity contribution in [2.45, 2.75) is 58.2 Å². The largest absolute Gasteiger partial charge is 0.352 e. The molecule has 2 aromatic rings. The van der Waals surface area contributed by atoms with Crippen LogP contribution in [-0.4, -0.2) is 50.0 Å². The fourth-order valence-electron chi connectivity index (χ4n) is 4.11. The second-order valence-corrected chi connectivity index (χ2v) is 11.2. The van der Waals surface area contributed by atoms with Crippen molar-refractivity contribution in [1.82, 2.24) is 10.2 Å². The lowest BCUT2D eigenvalue weighted by atomic mass is 10.1. The lowest BCUT2D eigenvalue weighted by Gasteiger charge is -2.32. The minimum Gasteiger partial charge on any atom is -0.352 e. The van der Waals surface area contributed by atoms with Crippen LogP contribution >= 0.6 is 11.6 Å². The molecular formula is C25H32ClN3O4S. The number of halogens is 1. The number of sulfonamides is 1. The van der Waals surface area contributed by atoms with Gasteiger partial charge in [-0.15, -0.1) is 0 Å². The number of carbonyl (C=O) groups excluding carboxylic acids is 2. The zero-order valence-corrected chi connectivity index (χ0v) is 21.4. The first-order valence-corrected chi connectivity index (χ1v) is 13.7. The molecule has 34 heavy (non-hydrogen) atoms. The summed E-state index contributed by atoms with van der Waals surface area (Å²) in [7, 11) is -3.79. The van der Waals surface area contributed by atoms with Gasteiger partial charge in [0.1, 0.15) is 12.6 Å². The van der Waals surface area contributed by atoms with Gasteiger partial charge < -0.3 is 10.2 Å². The fraction of sp³-hybridized carbons (Fsp3) is 0.440. The summed E-state index contributed by atoms with van der Waals surface area (Å²) >= 11 is 6.22. The van der Waals surface area contributed by atoms with Crippen LogP contribution in [0.15, 0.2) is 48.5 Å². The zero-order chi connectivity index (χ0) is 24.9. The topological polar surface area (TPSA) is 86.8 Å². The Hall–Kier alpha value is -2.58. The predicted molar refractivity (Wildman–Crippen MR) is 135 cm³/mol. The van der Waals surface area contributed by atoms with Crippen LogP contribution in [0.4, 0.5) is 5.69 Å². The molecule has 9 heteroatoms. The van der Waals surface area contributed by atoms with Crippen molar-refractivity contribution in [2.75, 3.05) is 17.1 Å². The molecule has 0 unspecified atom stereocenters. The lowest BCUT2D eigenvalue weighted by Crippen LogP contribution is -2.52. The van der Waals surface area contributed by atoms with Crippen molar-refractivity contribution in [3.8, 4) is 0 Å². The van der Waals surface area contributed by atoms with Gasteiger partial charge in [0.2, 0.25) is 21.8 Å². The lowest BCUT2D eigenvalue weighted by molar-refractivity contribution is -0.139. The van der Waals surface area contributed by atoms with Crippen LogP contribution in [0, 0.1) is 6.92 Å². The number of hydrogen-bond acceptors (Lipinski definition) is 4. The quantitative estimate of drug-likeness (QED) is 0.560. The summed E-state index contributed by atoms with van der Waals surface area (Å²) in [5.74, 6) is -0.708. The Balaban J connectivity index is 1.87. The van der Waals surface area contributed by atoms with E-state index in [0.29, 0.717) is 10.7 Å². The molecule has 1 aliphatic rings. The second kappa shape index (κ2) is 11.2. The number of anilines is 1. The summed E-state index contributed by atoms with van der Waals surface area (Å²) < 4.78 is 26.3. The molecule has 2 amide bonds. The van der Waals surface area contributed by atoms with Crippen molar-refractivity contribution in [1.29, 1.82) is 0 Å². The molecule has 0 radical (unpaired) electrons. The van der Waals surface area contributed by atoms with E-state index in [-0.39, 0.29) is 18.5 Å². The van der Waals surface area contributed by atoms with E-state index in [4.69, 9.17) is 11.6 Å². The number of carbonyl (C=O) groups is 2. The molecule has 3 rings (SSSR count). The van der Waals surface area contributed by atoms with E-state index in [0.717, 1.165) is 47.4 Å². The van der Waals surface area contributed by atoms with Crippen molar-refractivity contribution < 1.29 is 18.0 Å². The minimum absolute atomic E-state index is 0.117. The number of aryl methyl sites for hydroxylation is 1. The normalized spacial score (nSPS) is 15.1. The van der Waals surface area contributed by atoms with E-state index in [1.807, 2.05) is 37.3 Å². The highest BCUT2D eigenvalue weighted by Gasteiger charge is 2.31. The van der Waals surface area contributed by atoms with Gasteiger partial charge in [-0.3, -0.25) is 13.9 Å². The zero-order valence-electron chi connectivity index (χ0n) is 19.8. The Morgan fingerprint density at radius 2 is 1.76 bits per heavy atom. The number of nitrogens with one attached hydrogen (secondary N) is 1. The van der Waals surface area contributed by atoms with Crippen LogP contribution in [0.1, 0.15) is 43.7 Å². The van der Waals surface area contributed by atoms with Crippen LogP contribution in [0.3, 0.4) is 0 Å². The van der Waals surface area contributed by atoms with Crippen molar-refractivity contribution in [3.05, 3.63) is 64.7 Å². The molecule has 7 nitrogen and oxygen atoms in total. The molecule has 0 bridgehead atoms. The second-order valence-electron chi connectivity index (χ2n) is 8.88. The van der Waals surface area contributed by atoms with Gasteiger partial charge in [-0.2, -0.15) is 0 Å². The van der Waals surface area contributed by atoms with Gasteiger partial charge in [0, 0.05) is 17.6 Å². The fourth-order valence-corrected chi connectivity index (χ4v) is 5.12. The Kier molecular flexibility index (Phi) is 8.60. The van der Waals surface area contributed by atoms with Crippen LogP contribution in [0.2, 0.25) is 5.02 Å². The molecule has 184 valence electrons. The molecule has 0 heterocycles. The average Bonchev–Trinajstić information content (AvgIpc) is 3.30. The van der Waals surface area contributed by atoms with Gasteiger partial charge in [-0.25, -0.2) is 8.42 Å². The van der Waals surface area contributed by atoms with E-state index >= 15 is 0 Å². The van der Waals surface area contributed by atoms with Gasteiger partial charge in [0.25, 0.3) is 0 Å². The Morgan fingerprint density at radius 1 is 1.12 bits per heavy atom. The molecule has 1 N–H and O–H groups in total. The number of benzene rings is 2. The molecule has 0 spiro atoms. The van der Waals surface area contributed by atoms with E-state index in [1.165, 1.54) is 11.0 Å². The third kappa shape index (κ3) is 6.73. The molecule has 0 aliphatic heterocycles. The molecule has 1 atom stereocenters. The number of amides is 2. The molecule has 2 aromatic carbocycles. The van der Waals surface area contributed by atoms with E-state index in [1.54, 1.807) is 19.1 Å². The number of rotatable bonds is 9. The number of nitrogens with zero attached hydrogens (tertiary/aromatic N) is 2. The first-order valence-electron chi connectivity index (χ1n) is 11.4. The summed E-state index contributed by atoms with van der Waals surface area (Å²) in [6.07, 6.45) is 5.07. The Labute approximate surface area is 207 Å². The maximum absolute atomic E-state index is 13.5. The predicted octanol–water partition coefficient (Wildman–Crippen LogP) is 3.89. The monoisotopic (exact) mass is 505 g/mol. The van der Waals surface area contributed by atoms with Gasteiger partial charge in [0.05, 0.1) is 11.9 Å². The standard InChI is InChI=1S/C25H32ClN3O4S/c1-18-13-14-22(15-23(18)26)29(34(3,32)33)17-24(30)28(16-20-9-5-4-6-10-20)19(2)25(31)27-21-11-7-8-12-21/h4-6,9-10,13-15,19,21H,7-8,11-12,16-17H2,1-3H3,(H,27,31)/t19-/m1/s1. The molecule has 1 aliphatic carbocycles. The Bertz CT molecular complexity index is 1120. The SMILES string of the molecule is Cc1ccc(N(CC(=O)N(Cc2ccccc2)[C@H](C)C(=O)NC2CCCC2)S(C)(=O)=O)cc1Cl. The third-order valence-electron chi connectivity index (χ3n) is 6.19. The highest BCUT2D eigenvalue weighted by molar-refractivity contribution is 7.92. The summed E-state index contributed by atoms with van der Waals surface area (Å²) in [4.78, 5) is 28.0. The molecule has 1 fully saturated rings. The smallest absolute Gasteiger partial charge is 0.244 e. The summed E-state index contributed by atoms with van der Waals surface area (Å²) in [6, 6.07) is 13.5. The van der Waals surface area contributed by atoms with Crippen LogP contribution in [-0.2, 0) is 26.2 Å². The highest BCUT2D eigenvalue weighted by atomic mass is 35.5. The summed E-state index contributed by atoms with van der Waals surface area (Å²) in [6.45, 7) is 3.24. The van der Waals surface area contributed by atoms with Gasteiger partial charge in [-0.05, 0) is 49.9 Å². The summed E-state index contributed by atoms with van der Waals surface area (Å²) in [5, 5.41) is 3.45. The summed E-state index contributed by atoms with van der Waals surface area (Å²) in [5.41, 5.74) is 1.95. The van der Waals surface area contributed by atoms with E-state index < -0.39 is 28.5 Å². The molecule has 0 saturated heterocycles. The van der Waals surface area contributed by atoms with Gasteiger partial charge >= 0.3 is 0 Å².